The van der Waals surface area contributed by atoms with Crippen LogP contribution in [-0.2, 0) is 6.18 Å². The molecule has 1 aromatic heterocycles. The zero-order valence-electron chi connectivity index (χ0n) is 12.4. The molecule has 0 aliphatic carbocycles. The molecule has 3 nitrogen and oxygen atoms in total. The van der Waals surface area contributed by atoms with Gasteiger partial charge in [0.2, 0.25) is 0 Å². The van der Waals surface area contributed by atoms with Crippen LogP contribution in [0.3, 0.4) is 0 Å². The van der Waals surface area contributed by atoms with Crippen LogP contribution in [0.5, 0.6) is 0 Å². The Kier molecular flexibility index (Phi) is 4.12. The summed E-state index contributed by atoms with van der Waals surface area (Å²) >= 11 is 0. The standard InChI is InChI=1S/C18H13F3N2O/c19-18(20,21)14-7-5-12(6-8-14)15-3-1-2-4-16(15)23-17(24)13-9-10-22-11-13/h1-11,22H,(H,23,24). The van der Waals surface area contributed by atoms with Gasteiger partial charge in [0, 0.05) is 23.6 Å². The minimum Gasteiger partial charge on any atom is -0.367 e. The first kappa shape index (κ1) is 15.9. The lowest BCUT2D eigenvalue weighted by Crippen LogP contribution is -2.11. The number of alkyl halides is 3. The molecular weight excluding hydrogens is 317 g/mol. The van der Waals surface area contributed by atoms with Crippen molar-refractivity contribution in [2.24, 2.45) is 0 Å². The van der Waals surface area contributed by atoms with E-state index in [1.54, 1.807) is 42.7 Å². The fraction of sp³-hybridized carbons (Fsp3) is 0.0556. The Hall–Kier alpha value is -3.02. The average Bonchev–Trinajstić information content (AvgIpc) is 3.09. The van der Waals surface area contributed by atoms with Crippen LogP contribution in [0.15, 0.2) is 67.0 Å². The number of nitrogens with one attached hydrogen (secondary N) is 2. The highest BCUT2D eigenvalue weighted by atomic mass is 19.4. The first-order chi connectivity index (χ1) is 11.4. The van der Waals surface area contributed by atoms with Crippen LogP contribution in [0.4, 0.5) is 18.9 Å². The van der Waals surface area contributed by atoms with Crippen LogP contribution in [0.25, 0.3) is 11.1 Å². The van der Waals surface area contributed by atoms with Gasteiger partial charge in [0.15, 0.2) is 0 Å². The minimum atomic E-state index is -4.37. The fourth-order valence-electron chi connectivity index (χ4n) is 2.34. The summed E-state index contributed by atoms with van der Waals surface area (Å²) in [5, 5.41) is 2.78. The summed E-state index contributed by atoms with van der Waals surface area (Å²) in [7, 11) is 0. The highest BCUT2D eigenvalue weighted by Gasteiger charge is 2.30. The van der Waals surface area contributed by atoms with Crippen molar-refractivity contribution in [3.8, 4) is 11.1 Å². The van der Waals surface area contributed by atoms with Crippen LogP contribution in [0.2, 0.25) is 0 Å². The number of para-hydroxylation sites is 1. The summed E-state index contributed by atoms with van der Waals surface area (Å²) in [4.78, 5) is 15.0. The van der Waals surface area contributed by atoms with E-state index in [4.69, 9.17) is 0 Å². The number of hydrogen-bond donors (Lipinski definition) is 2. The van der Waals surface area contributed by atoms with Crippen LogP contribution in [0.1, 0.15) is 15.9 Å². The van der Waals surface area contributed by atoms with E-state index in [0.29, 0.717) is 22.4 Å². The van der Waals surface area contributed by atoms with Gasteiger partial charge in [0.25, 0.3) is 5.91 Å². The molecule has 0 aliphatic heterocycles. The number of carbonyl (C=O) groups is 1. The number of anilines is 1. The highest BCUT2D eigenvalue weighted by Crippen LogP contribution is 2.33. The van der Waals surface area contributed by atoms with Gasteiger partial charge in [-0.2, -0.15) is 13.2 Å². The number of rotatable bonds is 3. The molecule has 0 spiro atoms. The summed E-state index contributed by atoms with van der Waals surface area (Å²) in [6, 6.07) is 13.4. The quantitative estimate of drug-likeness (QED) is 0.701. The number of amides is 1. The molecule has 0 unspecified atom stereocenters. The number of carbonyl (C=O) groups excluding carboxylic acids is 1. The van der Waals surface area contributed by atoms with Crippen LogP contribution < -0.4 is 5.32 Å². The van der Waals surface area contributed by atoms with Gasteiger partial charge in [-0.3, -0.25) is 4.79 Å². The third-order valence-electron chi connectivity index (χ3n) is 3.56. The molecule has 0 aliphatic rings. The van der Waals surface area contributed by atoms with Gasteiger partial charge < -0.3 is 10.3 Å². The fourth-order valence-corrected chi connectivity index (χ4v) is 2.34. The SMILES string of the molecule is O=C(Nc1ccccc1-c1ccc(C(F)(F)F)cc1)c1cc[nH]c1. The smallest absolute Gasteiger partial charge is 0.367 e. The lowest BCUT2D eigenvalue weighted by atomic mass is 10.0. The van der Waals surface area contributed by atoms with Crippen molar-refractivity contribution >= 4 is 11.6 Å². The molecule has 2 aromatic carbocycles. The summed E-state index contributed by atoms with van der Waals surface area (Å²) < 4.78 is 38.0. The predicted octanol–water partition coefficient (Wildman–Crippen LogP) is 4.95. The van der Waals surface area contributed by atoms with E-state index in [0.717, 1.165) is 12.1 Å². The van der Waals surface area contributed by atoms with Crippen LogP contribution >= 0.6 is 0 Å². The summed E-state index contributed by atoms with van der Waals surface area (Å²) in [6.45, 7) is 0. The van der Waals surface area contributed by atoms with Crippen LogP contribution in [-0.4, -0.2) is 10.9 Å². The van der Waals surface area contributed by atoms with E-state index < -0.39 is 11.7 Å². The predicted molar refractivity (Wildman–Crippen MR) is 85.6 cm³/mol. The second-order valence-electron chi connectivity index (χ2n) is 5.17. The topological polar surface area (TPSA) is 44.9 Å². The van der Waals surface area contributed by atoms with Gasteiger partial charge in [-0.1, -0.05) is 30.3 Å². The Morgan fingerprint density at radius 3 is 2.29 bits per heavy atom. The van der Waals surface area contributed by atoms with Crippen molar-refractivity contribution in [3.63, 3.8) is 0 Å². The van der Waals surface area contributed by atoms with E-state index in [9.17, 15) is 18.0 Å². The molecule has 3 aromatic rings. The summed E-state index contributed by atoms with van der Waals surface area (Å²) in [5.41, 5.74) is 1.53. The number of aromatic nitrogens is 1. The molecule has 0 radical (unpaired) electrons. The molecule has 0 saturated heterocycles. The van der Waals surface area contributed by atoms with Crippen molar-refractivity contribution in [2.75, 3.05) is 5.32 Å². The third kappa shape index (κ3) is 3.32. The Morgan fingerprint density at radius 1 is 0.958 bits per heavy atom. The second kappa shape index (κ2) is 6.23. The molecule has 24 heavy (non-hydrogen) atoms. The Labute approximate surface area is 136 Å². The Balaban J connectivity index is 1.90. The summed E-state index contributed by atoms with van der Waals surface area (Å²) in [6.07, 6.45) is -1.17. The zero-order chi connectivity index (χ0) is 17.2. The molecule has 1 amide bonds. The molecule has 0 saturated carbocycles. The molecular formula is C18H13F3N2O. The van der Waals surface area contributed by atoms with E-state index in [1.165, 1.54) is 12.1 Å². The normalized spacial score (nSPS) is 11.3. The van der Waals surface area contributed by atoms with Crippen molar-refractivity contribution in [2.45, 2.75) is 6.18 Å². The number of aromatic amines is 1. The van der Waals surface area contributed by atoms with E-state index >= 15 is 0 Å². The number of benzene rings is 2. The number of hydrogen-bond acceptors (Lipinski definition) is 1. The molecule has 0 fully saturated rings. The minimum absolute atomic E-state index is 0.296. The van der Waals surface area contributed by atoms with Gasteiger partial charge in [-0.15, -0.1) is 0 Å². The lowest BCUT2D eigenvalue weighted by molar-refractivity contribution is -0.137. The first-order valence-corrected chi connectivity index (χ1v) is 7.16. The molecule has 1 heterocycles. The molecule has 2 N–H and O–H groups in total. The molecule has 6 heteroatoms. The van der Waals surface area contributed by atoms with Gasteiger partial charge >= 0.3 is 6.18 Å². The second-order valence-corrected chi connectivity index (χ2v) is 5.17. The number of halogens is 3. The molecule has 0 bridgehead atoms. The van der Waals surface area contributed by atoms with Crippen molar-refractivity contribution in [1.82, 2.24) is 4.98 Å². The maximum absolute atomic E-state index is 12.7. The van der Waals surface area contributed by atoms with Crippen molar-refractivity contribution in [3.05, 3.63) is 78.1 Å². The van der Waals surface area contributed by atoms with Crippen molar-refractivity contribution in [1.29, 1.82) is 0 Å². The monoisotopic (exact) mass is 330 g/mol. The largest absolute Gasteiger partial charge is 0.416 e. The first-order valence-electron chi connectivity index (χ1n) is 7.16. The average molecular weight is 330 g/mol. The van der Waals surface area contributed by atoms with Gasteiger partial charge in [-0.05, 0) is 29.8 Å². The highest BCUT2D eigenvalue weighted by molar-refractivity contribution is 6.06. The molecule has 3 rings (SSSR count). The molecule has 0 atom stereocenters. The van der Waals surface area contributed by atoms with Gasteiger partial charge in [0.05, 0.1) is 11.1 Å². The van der Waals surface area contributed by atoms with Gasteiger partial charge in [-0.25, -0.2) is 0 Å². The van der Waals surface area contributed by atoms with Crippen molar-refractivity contribution < 1.29 is 18.0 Å². The summed E-state index contributed by atoms with van der Waals surface area (Å²) in [5.74, 6) is -0.296. The molecule has 122 valence electrons. The third-order valence-corrected chi connectivity index (χ3v) is 3.56. The maximum atomic E-state index is 12.7. The Morgan fingerprint density at radius 2 is 1.67 bits per heavy atom. The zero-order valence-corrected chi connectivity index (χ0v) is 12.4. The number of H-pyrrole nitrogens is 1. The van der Waals surface area contributed by atoms with E-state index in [2.05, 4.69) is 10.3 Å². The van der Waals surface area contributed by atoms with Gasteiger partial charge in [0.1, 0.15) is 0 Å². The van der Waals surface area contributed by atoms with Crippen LogP contribution in [0, 0.1) is 0 Å². The maximum Gasteiger partial charge on any atom is 0.416 e. The van der Waals surface area contributed by atoms with E-state index in [-0.39, 0.29) is 5.91 Å². The Bertz CT molecular complexity index is 837. The van der Waals surface area contributed by atoms with E-state index in [1.807, 2.05) is 0 Å². The lowest BCUT2D eigenvalue weighted by Gasteiger charge is -2.12.